The lowest BCUT2D eigenvalue weighted by molar-refractivity contribution is 0.0938. The number of aryl methyl sites for hydroxylation is 5. The first-order chi connectivity index (χ1) is 12.7. The van der Waals surface area contributed by atoms with E-state index in [1.54, 1.807) is 11.7 Å². The number of nitrogens with zero attached hydrogens (tertiary/aromatic N) is 6. The average molecular weight is 369 g/mol. The molecule has 0 aromatic carbocycles. The van der Waals surface area contributed by atoms with E-state index in [1.807, 2.05) is 63.2 Å². The molecule has 3 aromatic heterocycles. The summed E-state index contributed by atoms with van der Waals surface area (Å²) in [7, 11) is 3.69. The van der Waals surface area contributed by atoms with Gasteiger partial charge in [0, 0.05) is 37.6 Å². The van der Waals surface area contributed by atoms with Crippen molar-refractivity contribution in [2.45, 2.75) is 40.7 Å². The fourth-order valence-corrected chi connectivity index (χ4v) is 3.46. The Labute approximate surface area is 159 Å². The predicted octanol–water partition coefficient (Wildman–Crippen LogP) is 2.24. The van der Waals surface area contributed by atoms with Gasteiger partial charge in [-0.2, -0.15) is 15.3 Å². The van der Waals surface area contributed by atoms with E-state index in [0.29, 0.717) is 12.2 Å². The molecule has 0 bridgehead atoms. The molecule has 0 aliphatic rings. The van der Waals surface area contributed by atoms with Crippen LogP contribution in [0.25, 0.3) is 11.3 Å². The molecule has 0 aliphatic carbocycles. The Morgan fingerprint density at radius 3 is 2.33 bits per heavy atom. The van der Waals surface area contributed by atoms with E-state index < -0.39 is 0 Å². The second-order valence-electron chi connectivity index (χ2n) is 7.14. The monoisotopic (exact) mass is 369 g/mol. The SMILES string of the molecule is Cc1cc(C)n(C(C)CNC(=O)c2cc(-c3c(C)nn(C)c3C)nn2C)n1. The van der Waals surface area contributed by atoms with Crippen molar-refractivity contribution in [3.8, 4) is 11.3 Å². The quantitative estimate of drug-likeness (QED) is 0.748. The first-order valence-electron chi connectivity index (χ1n) is 9.04. The number of nitrogens with one attached hydrogen (secondary N) is 1. The minimum absolute atomic E-state index is 0.0677. The van der Waals surface area contributed by atoms with Crippen molar-refractivity contribution in [1.29, 1.82) is 0 Å². The maximum atomic E-state index is 12.7. The Kier molecular flexibility index (Phi) is 4.91. The summed E-state index contributed by atoms with van der Waals surface area (Å²) in [6, 6.07) is 3.92. The summed E-state index contributed by atoms with van der Waals surface area (Å²) in [6.45, 7) is 10.5. The zero-order valence-electron chi connectivity index (χ0n) is 17.0. The van der Waals surface area contributed by atoms with Crippen molar-refractivity contribution >= 4 is 5.91 Å². The number of aromatic nitrogens is 6. The van der Waals surface area contributed by atoms with Crippen LogP contribution in [0, 0.1) is 27.7 Å². The molecule has 0 fully saturated rings. The Balaban J connectivity index is 1.76. The van der Waals surface area contributed by atoms with Crippen LogP contribution in [0.4, 0.5) is 0 Å². The fourth-order valence-electron chi connectivity index (χ4n) is 3.46. The zero-order valence-corrected chi connectivity index (χ0v) is 17.0. The second-order valence-corrected chi connectivity index (χ2v) is 7.14. The van der Waals surface area contributed by atoms with Crippen LogP contribution >= 0.6 is 0 Å². The van der Waals surface area contributed by atoms with Crippen molar-refractivity contribution in [3.63, 3.8) is 0 Å². The van der Waals surface area contributed by atoms with Gasteiger partial charge in [-0.1, -0.05) is 0 Å². The summed E-state index contributed by atoms with van der Waals surface area (Å²) in [5.74, 6) is -0.149. The van der Waals surface area contributed by atoms with Crippen LogP contribution in [0.1, 0.15) is 46.2 Å². The molecule has 1 N–H and O–H groups in total. The van der Waals surface area contributed by atoms with Crippen molar-refractivity contribution < 1.29 is 4.79 Å². The maximum absolute atomic E-state index is 12.7. The Morgan fingerprint density at radius 1 is 1.07 bits per heavy atom. The lowest BCUT2D eigenvalue weighted by atomic mass is 10.1. The van der Waals surface area contributed by atoms with Gasteiger partial charge in [0.25, 0.3) is 5.91 Å². The summed E-state index contributed by atoms with van der Waals surface area (Å²) in [4.78, 5) is 12.7. The number of carbonyl (C=O) groups is 1. The van der Waals surface area contributed by atoms with E-state index in [-0.39, 0.29) is 11.9 Å². The topological polar surface area (TPSA) is 82.6 Å². The number of carbonyl (C=O) groups excluding carboxylic acids is 1. The summed E-state index contributed by atoms with van der Waals surface area (Å²) < 4.78 is 5.38. The Bertz CT molecular complexity index is 992. The molecule has 3 aromatic rings. The Hall–Kier alpha value is -2.90. The smallest absolute Gasteiger partial charge is 0.269 e. The van der Waals surface area contributed by atoms with Crippen molar-refractivity contribution in [3.05, 3.63) is 40.6 Å². The molecule has 3 rings (SSSR count). The first kappa shape index (κ1) is 18.9. The van der Waals surface area contributed by atoms with E-state index in [9.17, 15) is 4.79 Å². The Morgan fingerprint density at radius 2 is 1.78 bits per heavy atom. The normalized spacial score (nSPS) is 12.4. The third-order valence-electron chi connectivity index (χ3n) is 4.90. The molecular formula is C19H27N7O. The van der Waals surface area contributed by atoms with E-state index in [1.165, 1.54) is 0 Å². The molecule has 0 saturated carbocycles. The highest BCUT2D eigenvalue weighted by atomic mass is 16.2. The zero-order chi connectivity index (χ0) is 19.9. The number of amides is 1. The molecule has 27 heavy (non-hydrogen) atoms. The lowest BCUT2D eigenvalue weighted by Crippen LogP contribution is -2.31. The molecule has 3 heterocycles. The minimum Gasteiger partial charge on any atom is -0.349 e. The van der Waals surface area contributed by atoms with Gasteiger partial charge in [0.1, 0.15) is 5.69 Å². The molecule has 0 radical (unpaired) electrons. The van der Waals surface area contributed by atoms with E-state index >= 15 is 0 Å². The van der Waals surface area contributed by atoms with Gasteiger partial charge in [0.2, 0.25) is 0 Å². The standard InChI is InChI=1S/C19H27N7O/c1-11-8-12(2)26(21-11)13(3)10-20-19(27)17-9-16(23-25(17)7)18-14(4)22-24(6)15(18)5/h8-9,13H,10H2,1-7H3,(H,20,27). The van der Waals surface area contributed by atoms with Crippen LogP contribution in [-0.4, -0.2) is 41.8 Å². The van der Waals surface area contributed by atoms with Gasteiger partial charge in [0.05, 0.1) is 23.1 Å². The van der Waals surface area contributed by atoms with Crippen LogP contribution in [0.2, 0.25) is 0 Å². The van der Waals surface area contributed by atoms with Gasteiger partial charge in [-0.3, -0.25) is 18.8 Å². The van der Waals surface area contributed by atoms with Gasteiger partial charge in [-0.15, -0.1) is 0 Å². The van der Waals surface area contributed by atoms with Crippen LogP contribution in [-0.2, 0) is 14.1 Å². The van der Waals surface area contributed by atoms with Crippen LogP contribution in [0.15, 0.2) is 12.1 Å². The molecule has 1 unspecified atom stereocenters. The predicted molar refractivity (Wildman–Crippen MR) is 104 cm³/mol. The fraction of sp³-hybridized carbons (Fsp3) is 0.474. The third-order valence-corrected chi connectivity index (χ3v) is 4.90. The molecule has 144 valence electrons. The summed E-state index contributed by atoms with van der Waals surface area (Å²) in [5.41, 5.74) is 6.24. The van der Waals surface area contributed by atoms with Crippen LogP contribution in [0.3, 0.4) is 0 Å². The molecule has 8 nitrogen and oxygen atoms in total. The number of hydrogen-bond acceptors (Lipinski definition) is 4. The van der Waals surface area contributed by atoms with Crippen molar-refractivity contribution in [1.82, 2.24) is 34.7 Å². The lowest BCUT2D eigenvalue weighted by Gasteiger charge is -2.15. The summed E-state index contributed by atoms with van der Waals surface area (Å²) in [6.07, 6.45) is 0. The minimum atomic E-state index is -0.149. The number of rotatable bonds is 5. The van der Waals surface area contributed by atoms with Crippen LogP contribution in [0.5, 0.6) is 0 Å². The second kappa shape index (κ2) is 7.02. The van der Waals surface area contributed by atoms with Gasteiger partial charge in [-0.05, 0) is 46.8 Å². The molecule has 1 amide bonds. The average Bonchev–Trinajstić information content (AvgIpc) is 3.21. The summed E-state index contributed by atoms with van der Waals surface area (Å²) in [5, 5.41) is 16.4. The van der Waals surface area contributed by atoms with E-state index in [2.05, 4.69) is 20.6 Å². The molecular weight excluding hydrogens is 342 g/mol. The summed E-state index contributed by atoms with van der Waals surface area (Å²) >= 11 is 0. The van der Waals surface area contributed by atoms with Crippen molar-refractivity contribution in [2.24, 2.45) is 14.1 Å². The molecule has 0 spiro atoms. The first-order valence-corrected chi connectivity index (χ1v) is 9.04. The highest BCUT2D eigenvalue weighted by Crippen LogP contribution is 2.25. The maximum Gasteiger partial charge on any atom is 0.269 e. The highest BCUT2D eigenvalue weighted by molar-refractivity contribution is 5.93. The van der Waals surface area contributed by atoms with Crippen LogP contribution < -0.4 is 5.32 Å². The highest BCUT2D eigenvalue weighted by Gasteiger charge is 2.20. The van der Waals surface area contributed by atoms with Gasteiger partial charge < -0.3 is 5.32 Å². The largest absolute Gasteiger partial charge is 0.349 e. The van der Waals surface area contributed by atoms with E-state index in [4.69, 9.17) is 0 Å². The van der Waals surface area contributed by atoms with Gasteiger partial charge in [-0.25, -0.2) is 0 Å². The van der Waals surface area contributed by atoms with Gasteiger partial charge in [0.15, 0.2) is 0 Å². The molecule has 0 aliphatic heterocycles. The van der Waals surface area contributed by atoms with E-state index in [0.717, 1.165) is 34.0 Å². The molecule has 1 atom stereocenters. The van der Waals surface area contributed by atoms with Crippen molar-refractivity contribution in [2.75, 3.05) is 6.54 Å². The van der Waals surface area contributed by atoms with Gasteiger partial charge >= 0.3 is 0 Å². The third kappa shape index (κ3) is 3.51. The molecule has 8 heteroatoms. The molecule has 0 saturated heterocycles. The number of hydrogen-bond donors (Lipinski definition) is 1.